The highest BCUT2D eigenvalue weighted by Crippen LogP contribution is 2.38. The van der Waals surface area contributed by atoms with E-state index in [1.165, 1.54) is 6.08 Å². The van der Waals surface area contributed by atoms with Crippen LogP contribution in [0.1, 0.15) is 5.56 Å². The molecule has 1 aromatic carbocycles. The summed E-state index contributed by atoms with van der Waals surface area (Å²) in [6.45, 7) is 1.93. The first-order valence-electron chi connectivity index (χ1n) is 7.86. The normalized spacial score (nSPS) is 10.8. The molecule has 0 saturated carbocycles. The number of hydrogen-bond donors (Lipinski definition) is 0. The van der Waals surface area contributed by atoms with E-state index in [9.17, 15) is 4.79 Å². The van der Waals surface area contributed by atoms with Gasteiger partial charge < -0.3 is 28.6 Å². The molecular weight excluding hydrogens is 326 g/mol. The molecule has 140 valence electrons. The maximum atomic E-state index is 12.4. The van der Waals surface area contributed by atoms with Crippen LogP contribution in [0.2, 0.25) is 0 Å². The van der Waals surface area contributed by atoms with Crippen LogP contribution in [0, 0.1) is 0 Å². The molecule has 0 radical (unpaired) electrons. The summed E-state index contributed by atoms with van der Waals surface area (Å²) in [7, 11) is 7.85. The zero-order chi connectivity index (χ0) is 18.7. The summed E-state index contributed by atoms with van der Waals surface area (Å²) < 4.78 is 26.0. The SMILES string of the molecule is COCCN(CCOC)C(=O)/C=C/c1cc(OC)c(OC)c(OC)c1. The second-order valence-electron chi connectivity index (χ2n) is 5.10. The Morgan fingerprint density at radius 1 is 0.920 bits per heavy atom. The Kier molecular flexibility index (Phi) is 9.42. The number of hydrogen-bond acceptors (Lipinski definition) is 6. The van der Waals surface area contributed by atoms with Gasteiger partial charge in [0.25, 0.3) is 0 Å². The Morgan fingerprint density at radius 2 is 1.44 bits per heavy atom. The lowest BCUT2D eigenvalue weighted by Gasteiger charge is -2.20. The molecule has 7 nitrogen and oxygen atoms in total. The van der Waals surface area contributed by atoms with Gasteiger partial charge in [-0.05, 0) is 23.8 Å². The Labute approximate surface area is 149 Å². The minimum absolute atomic E-state index is 0.122. The van der Waals surface area contributed by atoms with Crippen LogP contribution in [-0.4, -0.2) is 72.7 Å². The predicted molar refractivity (Wildman–Crippen MR) is 95.5 cm³/mol. The molecule has 1 aromatic rings. The van der Waals surface area contributed by atoms with E-state index in [0.29, 0.717) is 43.6 Å². The molecule has 0 unspecified atom stereocenters. The monoisotopic (exact) mass is 353 g/mol. The van der Waals surface area contributed by atoms with Crippen LogP contribution in [0.3, 0.4) is 0 Å². The third-order valence-corrected chi connectivity index (χ3v) is 3.55. The number of nitrogens with zero attached hydrogens (tertiary/aromatic N) is 1. The van der Waals surface area contributed by atoms with Crippen LogP contribution in [0.25, 0.3) is 6.08 Å². The van der Waals surface area contributed by atoms with E-state index >= 15 is 0 Å². The Balaban J connectivity index is 2.95. The number of benzene rings is 1. The first-order valence-corrected chi connectivity index (χ1v) is 7.86. The molecule has 0 heterocycles. The Morgan fingerprint density at radius 3 is 1.84 bits per heavy atom. The summed E-state index contributed by atoms with van der Waals surface area (Å²) >= 11 is 0. The van der Waals surface area contributed by atoms with Crippen LogP contribution in [0.15, 0.2) is 18.2 Å². The summed E-state index contributed by atoms with van der Waals surface area (Å²) in [5.41, 5.74) is 0.765. The van der Waals surface area contributed by atoms with Crippen molar-refractivity contribution in [3.63, 3.8) is 0 Å². The predicted octanol–water partition coefficient (Wildman–Crippen LogP) is 1.85. The molecule has 0 aromatic heterocycles. The second kappa shape index (κ2) is 11.3. The van der Waals surface area contributed by atoms with Crippen molar-refractivity contribution in [1.82, 2.24) is 4.90 Å². The van der Waals surface area contributed by atoms with E-state index in [1.54, 1.807) is 58.7 Å². The molecule has 0 N–H and O–H groups in total. The quantitative estimate of drug-likeness (QED) is 0.566. The molecule has 0 saturated heterocycles. The fourth-order valence-electron chi connectivity index (χ4n) is 2.21. The number of ether oxygens (including phenoxy) is 5. The molecule has 1 amide bonds. The van der Waals surface area contributed by atoms with Crippen LogP contribution >= 0.6 is 0 Å². The third kappa shape index (κ3) is 6.28. The van der Waals surface area contributed by atoms with Gasteiger partial charge in [0.15, 0.2) is 11.5 Å². The summed E-state index contributed by atoms with van der Waals surface area (Å²) in [4.78, 5) is 14.1. The molecule has 0 spiro atoms. The lowest BCUT2D eigenvalue weighted by Crippen LogP contribution is -2.35. The molecule has 0 aliphatic rings. The summed E-state index contributed by atoms with van der Waals surface area (Å²) in [5.74, 6) is 1.45. The van der Waals surface area contributed by atoms with Gasteiger partial charge in [-0.15, -0.1) is 0 Å². The van der Waals surface area contributed by atoms with Gasteiger partial charge in [0.2, 0.25) is 11.7 Å². The molecule has 1 rings (SSSR count). The lowest BCUT2D eigenvalue weighted by molar-refractivity contribution is -0.127. The second-order valence-corrected chi connectivity index (χ2v) is 5.10. The van der Waals surface area contributed by atoms with Gasteiger partial charge in [-0.1, -0.05) is 0 Å². The third-order valence-electron chi connectivity index (χ3n) is 3.55. The van der Waals surface area contributed by atoms with Crippen LogP contribution in [0.4, 0.5) is 0 Å². The van der Waals surface area contributed by atoms with Crippen molar-refractivity contribution in [1.29, 1.82) is 0 Å². The van der Waals surface area contributed by atoms with E-state index in [2.05, 4.69) is 0 Å². The highest BCUT2D eigenvalue weighted by atomic mass is 16.5. The van der Waals surface area contributed by atoms with Gasteiger partial charge >= 0.3 is 0 Å². The number of carbonyl (C=O) groups is 1. The lowest BCUT2D eigenvalue weighted by atomic mass is 10.1. The summed E-state index contributed by atoms with van der Waals surface area (Å²) in [5, 5.41) is 0. The van der Waals surface area contributed by atoms with Crippen molar-refractivity contribution in [2.24, 2.45) is 0 Å². The number of amides is 1. The average molecular weight is 353 g/mol. The van der Waals surface area contributed by atoms with E-state index in [-0.39, 0.29) is 5.91 Å². The van der Waals surface area contributed by atoms with Gasteiger partial charge in [-0.3, -0.25) is 4.79 Å². The van der Waals surface area contributed by atoms with E-state index in [4.69, 9.17) is 23.7 Å². The van der Waals surface area contributed by atoms with Crippen molar-refractivity contribution in [3.8, 4) is 17.2 Å². The average Bonchev–Trinajstić information content (AvgIpc) is 2.65. The van der Waals surface area contributed by atoms with Gasteiger partial charge in [-0.25, -0.2) is 0 Å². The maximum absolute atomic E-state index is 12.4. The highest BCUT2D eigenvalue weighted by molar-refractivity contribution is 5.92. The first kappa shape index (κ1) is 20.8. The first-order chi connectivity index (χ1) is 12.1. The molecule has 0 aliphatic carbocycles. The molecule has 0 bridgehead atoms. The highest BCUT2D eigenvalue weighted by Gasteiger charge is 2.13. The van der Waals surface area contributed by atoms with Crippen molar-refractivity contribution in [2.75, 3.05) is 61.9 Å². The Hall–Kier alpha value is -2.25. The summed E-state index contributed by atoms with van der Waals surface area (Å²) in [6.07, 6.45) is 3.21. The zero-order valence-electron chi connectivity index (χ0n) is 15.5. The van der Waals surface area contributed by atoms with E-state index in [1.807, 2.05) is 0 Å². The van der Waals surface area contributed by atoms with Gasteiger partial charge in [0.1, 0.15) is 0 Å². The van der Waals surface area contributed by atoms with Gasteiger partial charge in [0.05, 0.1) is 34.5 Å². The van der Waals surface area contributed by atoms with Crippen LogP contribution < -0.4 is 14.2 Å². The molecular formula is C18H27NO6. The zero-order valence-corrected chi connectivity index (χ0v) is 15.5. The minimum atomic E-state index is -0.122. The Bertz CT molecular complexity index is 540. The molecule has 7 heteroatoms. The molecule has 25 heavy (non-hydrogen) atoms. The van der Waals surface area contributed by atoms with Crippen molar-refractivity contribution >= 4 is 12.0 Å². The smallest absolute Gasteiger partial charge is 0.246 e. The van der Waals surface area contributed by atoms with Crippen LogP contribution in [0.5, 0.6) is 17.2 Å². The molecule has 0 atom stereocenters. The fraction of sp³-hybridized carbons (Fsp3) is 0.500. The minimum Gasteiger partial charge on any atom is -0.493 e. The van der Waals surface area contributed by atoms with Crippen molar-refractivity contribution in [2.45, 2.75) is 0 Å². The van der Waals surface area contributed by atoms with Gasteiger partial charge in [-0.2, -0.15) is 0 Å². The van der Waals surface area contributed by atoms with Crippen molar-refractivity contribution < 1.29 is 28.5 Å². The molecule has 0 fully saturated rings. The standard InChI is InChI=1S/C18H27NO6/c1-21-10-8-19(9-11-22-2)17(20)7-6-14-12-15(23-3)18(25-5)16(13-14)24-4/h6-7,12-13H,8-11H2,1-5H3/b7-6+. The fourth-order valence-corrected chi connectivity index (χ4v) is 2.21. The maximum Gasteiger partial charge on any atom is 0.246 e. The van der Waals surface area contributed by atoms with Gasteiger partial charge in [0, 0.05) is 33.4 Å². The molecule has 0 aliphatic heterocycles. The largest absolute Gasteiger partial charge is 0.493 e. The van der Waals surface area contributed by atoms with E-state index in [0.717, 1.165) is 5.56 Å². The van der Waals surface area contributed by atoms with Crippen molar-refractivity contribution in [3.05, 3.63) is 23.8 Å². The number of rotatable bonds is 11. The van der Waals surface area contributed by atoms with E-state index < -0.39 is 0 Å². The van der Waals surface area contributed by atoms with Crippen LogP contribution in [-0.2, 0) is 14.3 Å². The number of carbonyl (C=O) groups excluding carboxylic acids is 1. The topological polar surface area (TPSA) is 66.5 Å². The summed E-state index contributed by atoms with van der Waals surface area (Å²) in [6, 6.07) is 3.56. The number of methoxy groups -OCH3 is 5.